The predicted octanol–water partition coefficient (Wildman–Crippen LogP) is 1.56. The fourth-order valence-corrected chi connectivity index (χ4v) is 5.76. The molecule has 6 nitrogen and oxygen atoms in total. The average Bonchev–Trinajstić information content (AvgIpc) is 2.54. The summed E-state index contributed by atoms with van der Waals surface area (Å²) in [7, 11) is -6.63. The molecule has 1 aliphatic rings. The molecule has 8 heteroatoms. The van der Waals surface area contributed by atoms with Gasteiger partial charge >= 0.3 is 0 Å². The smallest absolute Gasteiger partial charge is 0.215 e. The quantitative estimate of drug-likeness (QED) is 0.748. The van der Waals surface area contributed by atoms with Crippen LogP contribution in [0.4, 0.5) is 0 Å². The molecule has 0 unspecified atom stereocenters. The van der Waals surface area contributed by atoms with Crippen molar-refractivity contribution in [3.63, 3.8) is 0 Å². The molecule has 1 aliphatic heterocycles. The van der Waals surface area contributed by atoms with Crippen LogP contribution in [0.25, 0.3) is 0 Å². The normalized spacial score (nSPS) is 20.1. The minimum Gasteiger partial charge on any atom is -0.215 e. The summed E-state index contributed by atoms with van der Waals surface area (Å²) >= 11 is 0. The molecule has 0 aliphatic carbocycles. The van der Waals surface area contributed by atoms with E-state index in [9.17, 15) is 16.8 Å². The molecule has 136 valence electrons. The van der Waals surface area contributed by atoms with Crippen LogP contribution in [0.2, 0.25) is 0 Å². The van der Waals surface area contributed by atoms with Crippen LogP contribution in [0.1, 0.15) is 31.7 Å². The summed E-state index contributed by atoms with van der Waals surface area (Å²) in [6, 6.07) is 9.01. The molecule has 1 N–H and O–H groups in total. The van der Waals surface area contributed by atoms with Gasteiger partial charge in [0, 0.05) is 19.6 Å². The van der Waals surface area contributed by atoms with E-state index in [0.717, 1.165) is 18.4 Å². The summed E-state index contributed by atoms with van der Waals surface area (Å²) in [5, 5.41) is 0. The third-order valence-corrected chi connectivity index (χ3v) is 7.49. The molecular formula is C16H26N2O4S2. The van der Waals surface area contributed by atoms with E-state index >= 15 is 0 Å². The summed E-state index contributed by atoms with van der Waals surface area (Å²) in [6.07, 6.45) is 2.20. The van der Waals surface area contributed by atoms with E-state index in [2.05, 4.69) is 4.72 Å². The number of hydrogen-bond acceptors (Lipinski definition) is 4. The fraction of sp³-hybridized carbons (Fsp3) is 0.625. The Morgan fingerprint density at radius 2 is 1.88 bits per heavy atom. The largest absolute Gasteiger partial charge is 0.215 e. The van der Waals surface area contributed by atoms with Gasteiger partial charge in [-0.3, -0.25) is 0 Å². The Morgan fingerprint density at radius 1 is 1.17 bits per heavy atom. The molecule has 1 atom stereocenters. The minimum absolute atomic E-state index is 0.0240. The lowest BCUT2D eigenvalue weighted by Crippen LogP contribution is -2.44. The van der Waals surface area contributed by atoms with E-state index in [1.54, 1.807) is 12.1 Å². The maximum Gasteiger partial charge on any atom is 0.215 e. The molecule has 0 bridgehead atoms. The lowest BCUT2D eigenvalue weighted by molar-refractivity contribution is 0.267. The van der Waals surface area contributed by atoms with Crippen molar-refractivity contribution in [3.05, 3.63) is 35.9 Å². The van der Waals surface area contributed by atoms with E-state index in [1.165, 1.54) is 4.31 Å². The second-order valence-corrected chi connectivity index (χ2v) is 10.2. The number of hydrogen-bond donors (Lipinski definition) is 1. The van der Waals surface area contributed by atoms with Gasteiger partial charge in [0.1, 0.15) is 0 Å². The van der Waals surface area contributed by atoms with Crippen molar-refractivity contribution in [2.75, 3.05) is 25.4 Å². The first kappa shape index (κ1) is 19.4. The molecule has 1 heterocycles. The van der Waals surface area contributed by atoms with E-state index in [0.29, 0.717) is 19.5 Å². The number of piperidine rings is 1. The lowest BCUT2D eigenvalue weighted by Gasteiger charge is -2.32. The molecule has 0 amide bonds. The highest BCUT2D eigenvalue weighted by Gasteiger charge is 2.28. The fourth-order valence-electron chi connectivity index (χ4n) is 2.92. The highest BCUT2D eigenvalue weighted by molar-refractivity contribution is 7.89. The first-order chi connectivity index (χ1) is 11.3. The van der Waals surface area contributed by atoms with Gasteiger partial charge in [0.15, 0.2) is 0 Å². The number of sulfonamides is 2. The van der Waals surface area contributed by atoms with E-state index in [1.807, 2.05) is 25.1 Å². The molecule has 0 radical (unpaired) electrons. The van der Waals surface area contributed by atoms with Gasteiger partial charge in [-0.05, 0) is 30.7 Å². The van der Waals surface area contributed by atoms with E-state index < -0.39 is 20.0 Å². The maximum absolute atomic E-state index is 12.2. The summed E-state index contributed by atoms with van der Waals surface area (Å²) in [5.41, 5.74) is 0.737. The van der Waals surface area contributed by atoms with Gasteiger partial charge in [0.2, 0.25) is 20.0 Å². The van der Waals surface area contributed by atoms with Gasteiger partial charge in [-0.2, -0.15) is 0 Å². The van der Waals surface area contributed by atoms with Gasteiger partial charge < -0.3 is 0 Å². The van der Waals surface area contributed by atoms with Gasteiger partial charge in [0.25, 0.3) is 0 Å². The topological polar surface area (TPSA) is 83.6 Å². The first-order valence-electron chi connectivity index (χ1n) is 8.31. The molecule has 1 fully saturated rings. The van der Waals surface area contributed by atoms with Crippen LogP contribution >= 0.6 is 0 Å². The van der Waals surface area contributed by atoms with Crippen molar-refractivity contribution in [1.29, 1.82) is 0 Å². The van der Waals surface area contributed by atoms with Crippen LogP contribution in [0.5, 0.6) is 0 Å². The summed E-state index contributed by atoms with van der Waals surface area (Å²) in [6.45, 7) is 3.07. The molecule has 1 saturated heterocycles. The van der Waals surface area contributed by atoms with Crippen molar-refractivity contribution in [2.45, 2.75) is 31.9 Å². The summed E-state index contributed by atoms with van der Waals surface area (Å²) in [5.74, 6) is 0.119. The highest BCUT2D eigenvalue weighted by Crippen LogP contribution is 2.19. The molecule has 1 aromatic carbocycles. The van der Waals surface area contributed by atoms with Gasteiger partial charge in [-0.15, -0.1) is 0 Å². The Hall–Kier alpha value is -0.960. The molecular weight excluding hydrogens is 348 g/mol. The summed E-state index contributed by atoms with van der Waals surface area (Å²) in [4.78, 5) is 0. The third-order valence-electron chi connectivity index (χ3n) is 4.13. The van der Waals surface area contributed by atoms with Crippen LogP contribution in [0.3, 0.4) is 0 Å². The Balaban J connectivity index is 1.89. The lowest BCUT2D eigenvalue weighted by atomic mass is 10.0. The van der Waals surface area contributed by atoms with Crippen LogP contribution in [-0.2, 0) is 25.8 Å². The minimum atomic E-state index is -3.42. The molecule has 0 aromatic heterocycles. The second kappa shape index (κ2) is 8.42. The van der Waals surface area contributed by atoms with Gasteiger partial charge in [-0.25, -0.2) is 25.9 Å². The number of nitrogens with zero attached hydrogens (tertiary/aromatic N) is 1. The molecule has 24 heavy (non-hydrogen) atoms. The highest BCUT2D eigenvalue weighted by atomic mass is 32.2. The number of rotatable bonds is 8. The Morgan fingerprint density at radius 3 is 2.54 bits per heavy atom. The zero-order chi connectivity index (χ0) is 17.6. The molecule has 1 aromatic rings. The van der Waals surface area contributed by atoms with Crippen LogP contribution in [0.15, 0.2) is 30.3 Å². The van der Waals surface area contributed by atoms with Crippen LogP contribution in [0, 0.1) is 5.92 Å². The molecule has 0 spiro atoms. The Labute approximate surface area is 145 Å². The van der Waals surface area contributed by atoms with Crippen LogP contribution < -0.4 is 4.72 Å². The van der Waals surface area contributed by atoms with Crippen molar-refractivity contribution >= 4 is 20.0 Å². The second-order valence-electron chi connectivity index (χ2n) is 6.28. The Bertz CT molecular complexity index is 718. The van der Waals surface area contributed by atoms with Crippen molar-refractivity contribution < 1.29 is 16.8 Å². The molecule has 2 rings (SSSR count). The maximum atomic E-state index is 12.2. The average molecular weight is 375 g/mol. The third kappa shape index (κ3) is 5.84. The standard InChI is InChI=1S/C16H26N2O4S2/c1-2-11-24(21,22)18-10-6-9-16(13-18)12-17-23(19,20)14-15-7-4-3-5-8-15/h3-5,7-8,16-17H,2,6,9-14H2,1H3/t16-/m0/s1. The SMILES string of the molecule is CCCS(=O)(=O)N1CCC[C@@H](CNS(=O)(=O)Cc2ccccc2)C1. The zero-order valence-electron chi connectivity index (χ0n) is 14.0. The van der Waals surface area contributed by atoms with Gasteiger partial charge in [-0.1, -0.05) is 37.3 Å². The number of benzene rings is 1. The molecule has 0 saturated carbocycles. The van der Waals surface area contributed by atoms with E-state index in [-0.39, 0.29) is 24.0 Å². The van der Waals surface area contributed by atoms with E-state index in [4.69, 9.17) is 0 Å². The predicted molar refractivity (Wildman–Crippen MR) is 95.4 cm³/mol. The summed E-state index contributed by atoms with van der Waals surface area (Å²) < 4.78 is 52.8. The van der Waals surface area contributed by atoms with Crippen molar-refractivity contribution in [3.8, 4) is 0 Å². The van der Waals surface area contributed by atoms with Crippen molar-refractivity contribution in [1.82, 2.24) is 9.03 Å². The zero-order valence-corrected chi connectivity index (χ0v) is 15.7. The van der Waals surface area contributed by atoms with Crippen LogP contribution in [-0.4, -0.2) is 46.5 Å². The number of nitrogens with one attached hydrogen (secondary N) is 1. The van der Waals surface area contributed by atoms with Crippen molar-refractivity contribution in [2.24, 2.45) is 5.92 Å². The monoisotopic (exact) mass is 374 g/mol. The Kier molecular flexibility index (Phi) is 6.79. The van der Waals surface area contributed by atoms with Gasteiger partial charge in [0.05, 0.1) is 11.5 Å². The first-order valence-corrected chi connectivity index (χ1v) is 11.6.